The van der Waals surface area contributed by atoms with Crippen LogP contribution in [0.3, 0.4) is 0 Å². The highest BCUT2D eigenvalue weighted by atomic mass is 16.3. The second kappa shape index (κ2) is 4.91. The highest BCUT2D eigenvalue weighted by Crippen LogP contribution is 2.26. The Morgan fingerprint density at radius 3 is 3.00 bits per heavy atom. The van der Waals surface area contributed by atoms with Gasteiger partial charge in [-0.05, 0) is 43.9 Å². The lowest BCUT2D eigenvalue weighted by Crippen LogP contribution is -2.40. The van der Waals surface area contributed by atoms with Crippen LogP contribution in [0.4, 0.5) is 0 Å². The van der Waals surface area contributed by atoms with E-state index in [1.807, 2.05) is 31.2 Å². The van der Waals surface area contributed by atoms with Crippen molar-refractivity contribution in [2.75, 3.05) is 0 Å². The summed E-state index contributed by atoms with van der Waals surface area (Å²) in [4.78, 5) is 0. The lowest BCUT2D eigenvalue weighted by atomic mass is 9.82. The number of hydrogen-bond acceptors (Lipinski definition) is 2. The molecule has 1 aliphatic rings. The van der Waals surface area contributed by atoms with Crippen LogP contribution in [0.5, 0.6) is 0 Å². The van der Waals surface area contributed by atoms with Crippen molar-refractivity contribution in [3.05, 3.63) is 35.4 Å². The van der Waals surface area contributed by atoms with Crippen molar-refractivity contribution in [2.24, 2.45) is 5.73 Å². The SMILES string of the molecule is Cc1cccc(C#C[C@]2(O)CCC[C@H](N)C2)c1. The Kier molecular flexibility index (Phi) is 3.51. The van der Waals surface area contributed by atoms with Gasteiger partial charge in [-0.1, -0.05) is 24.0 Å². The van der Waals surface area contributed by atoms with E-state index in [0.717, 1.165) is 24.8 Å². The molecule has 2 nitrogen and oxygen atoms in total. The Hall–Kier alpha value is -1.30. The predicted octanol–water partition coefficient (Wildman–Crippen LogP) is 1.98. The molecule has 0 saturated heterocycles. The fourth-order valence-electron chi connectivity index (χ4n) is 2.32. The second-order valence-electron chi connectivity index (χ2n) is 5.01. The third-order valence-electron chi connectivity index (χ3n) is 3.22. The van der Waals surface area contributed by atoms with E-state index in [0.29, 0.717) is 6.42 Å². The Bertz CT molecular complexity index is 457. The first-order chi connectivity index (χ1) is 8.07. The average molecular weight is 229 g/mol. The standard InChI is InChI=1S/C15H19NO/c1-12-4-2-5-13(10-12)7-9-15(17)8-3-6-14(16)11-15/h2,4-5,10,14,17H,3,6,8,11,16H2,1H3/t14-,15+/m0/s1. The maximum atomic E-state index is 10.3. The summed E-state index contributed by atoms with van der Waals surface area (Å²) in [5.41, 5.74) is 7.13. The first-order valence-corrected chi connectivity index (χ1v) is 6.15. The molecule has 1 saturated carbocycles. The van der Waals surface area contributed by atoms with Crippen molar-refractivity contribution >= 4 is 0 Å². The summed E-state index contributed by atoms with van der Waals surface area (Å²) >= 11 is 0. The van der Waals surface area contributed by atoms with Gasteiger partial charge < -0.3 is 10.8 Å². The van der Waals surface area contributed by atoms with E-state index >= 15 is 0 Å². The second-order valence-corrected chi connectivity index (χ2v) is 5.01. The first-order valence-electron chi connectivity index (χ1n) is 6.15. The largest absolute Gasteiger partial charge is 0.378 e. The van der Waals surface area contributed by atoms with Crippen molar-refractivity contribution in [3.8, 4) is 11.8 Å². The summed E-state index contributed by atoms with van der Waals surface area (Å²) in [7, 11) is 0. The van der Waals surface area contributed by atoms with E-state index < -0.39 is 5.60 Å². The van der Waals surface area contributed by atoms with Crippen LogP contribution in [-0.4, -0.2) is 16.7 Å². The third-order valence-corrected chi connectivity index (χ3v) is 3.22. The zero-order valence-electron chi connectivity index (χ0n) is 10.2. The zero-order chi connectivity index (χ0) is 12.3. The maximum Gasteiger partial charge on any atom is 0.127 e. The highest BCUT2D eigenvalue weighted by Gasteiger charge is 2.30. The maximum absolute atomic E-state index is 10.3. The van der Waals surface area contributed by atoms with E-state index in [1.165, 1.54) is 5.56 Å². The molecule has 90 valence electrons. The summed E-state index contributed by atoms with van der Waals surface area (Å²) in [6.45, 7) is 2.04. The lowest BCUT2D eigenvalue weighted by molar-refractivity contribution is 0.0532. The molecule has 3 N–H and O–H groups in total. The molecule has 1 aliphatic carbocycles. The molecule has 17 heavy (non-hydrogen) atoms. The number of hydrogen-bond donors (Lipinski definition) is 2. The molecule has 0 heterocycles. The van der Waals surface area contributed by atoms with Crippen LogP contribution in [-0.2, 0) is 0 Å². The molecule has 0 bridgehead atoms. The van der Waals surface area contributed by atoms with Crippen LogP contribution in [0.15, 0.2) is 24.3 Å². The zero-order valence-corrected chi connectivity index (χ0v) is 10.2. The van der Waals surface area contributed by atoms with Crippen LogP contribution in [0, 0.1) is 18.8 Å². The molecular formula is C15H19NO. The van der Waals surface area contributed by atoms with E-state index in [4.69, 9.17) is 5.73 Å². The van der Waals surface area contributed by atoms with Gasteiger partial charge in [0.05, 0.1) is 0 Å². The third kappa shape index (κ3) is 3.33. The van der Waals surface area contributed by atoms with Crippen LogP contribution >= 0.6 is 0 Å². The van der Waals surface area contributed by atoms with E-state index in [-0.39, 0.29) is 6.04 Å². The van der Waals surface area contributed by atoms with Crippen LogP contribution < -0.4 is 5.73 Å². The molecule has 0 amide bonds. The molecule has 1 aromatic rings. The van der Waals surface area contributed by atoms with E-state index in [1.54, 1.807) is 0 Å². The first kappa shape index (κ1) is 12.2. The van der Waals surface area contributed by atoms with Gasteiger partial charge in [-0.2, -0.15) is 0 Å². The number of nitrogens with two attached hydrogens (primary N) is 1. The van der Waals surface area contributed by atoms with Crippen molar-refractivity contribution in [3.63, 3.8) is 0 Å². The summed E-state index contributed by atoms with van der Waals surface area (Å²) < 4.78 is 0. The van der Waals surface area contributed by atoms with Crippen molar-refractivity contribution in [2.45, 2.75) is 44.2 Å². The van der Waals surface area contributed by atoms with Crippen LogP contribution in [0.25, 0.3) is 0 Å². The predicted molar refractivity (Wildman–Crippen MR) is 69.5 cm³/mol. The van der Waals surface area contributed by atoms with Crippen molar-refractivity contribution in [1.29, 1.82) is 0 Å². The molecule has 1 aromatic carbocycles. The van der Waals surface area contributed by atoms with Gasteiger partial charge in [0.25, 0.3) is 0 Å². The number of rotatable bonds is 0. The minimum absolute atomic E-state index is 0.0839. The van der Waals surface area contributed by atoms with Gasteiger partial charge in [-0.3, -0.25) is 0 Å². The lowest BCUT2D eigenvalue weighted by Gasteiger charge is -2.30. The molecular weight excluding hydrogens is 210 g/mol. The number of aryl methyl sites for hydroxylation is 1. The summed E-state index contributed by atoms with van der Waals surface area (Å²) in [5.74, 6) is 6.06. The average Bonchev–Trinajstić information content (AvgIpc) is 2.26. The molecule has 2 atom stereocenters. The molecule has 0 spiro atoms. The molecule has 2 heteroatoms. The van der Waals surface area contributed by atoms with Crippen LogP contribution in [0.1, 0.15) is 36.8 Å². The molecule has 1 fully saturated rings. The number of aliphatic hydroxyl groups is 1. The Labute approximate surface area is 103 Å². The smallest absolute Gasteiger partial charge is 0.127 e. The quantitative estimate of drug-likeness (QED) is 0.668. The number of benzene rings is 1. The molecule has 0 aromatic heterocycles. The topological polar surface area (TPSA) is 46.2 Å². The monoisotopic (exact) mass is 229 g/mol. The van der Waals surface area contributed by atoms with E-state index in [2.05, 4.69) is 11.8 Å². The van der Waals surface area contributed by atoms with Crippen molar-refractivity contribution in [1.82, 2.24) is 0 Å². The molecule has 0 aliphatic heterocycles. The summed E-state index contributed by atoms with van der Waals surface area (Å²) in [6.07, 6.45) is 3.28. The van der Waals surface area contributed by atoms with Crippen LogP contribution in [0.2, 0.25) is 0 Å². The highest BCUT2D eigenvalue weighted by molar-refractivity contribution is 5.38. The summed E-state index contributed by atoms with van der Waals surface area (Å²) in [5, 5.41) is 10.3. The fraction of sp³-hybridized carbons (Fsp3) is 0.467. The van der Waals surface area contributed by atoms with Gasteiger partial charge in [0.15, 0.2) is 0 Å². The fourth-order valence-corrected chi connectivity index (χ4v) is 2.32. The van der Waals surface area contributed by atoms with Gasteiger partial charge in [0.2, 0.25) is 0 Å². The van der Waals surface area contributed by atoms with Gasteiger partial charge in [0, 0.05) is 18.0 Å². The van der Waals surface area contributed by atoms with Gasteiger partial charge in [-0.15, -0.1) is 0 Å². The Morgan fingerprint density at radius 2 is 2.29 bits per heavy atom. The normalized spacial score (nSPS) is 28.3. The van der Waals surface area contributed by atoms with Crippen molar-refractivity contribution < 1.29 is 5.11 Å². The molecule has 2 rings (SSSR count). The Morgan fingerprint density at radius 1 is 1.47 bits per heavy atom. The van der Waals surface area contributed by atoms with Gasteiger partial charge in [-0.25, -0.2) is 0 Å². The molecule has 0 radical (unpaired) electrons. The Balaban J connectivity index is 2.15. The summed E-state index contributed by atoms with van der Waals surface area (Å²) in [6, 6.07) is 8.10. The minimum Gasteiger partial charge on any atom is -0.378 e. The van der Waals surface area contributed by atoms with Gasteiger partial charge >= 0.3 is 0 Å². The minimum atomic E-state index is -0.887. The van der Waals surface area contributed by atoms with E-state index in [9.17, 15) is 5.11 Å². The molecule has 0 unspecified atom stereocenters. The van der Waals surface area contributed by atoms with Gasteiger partial charge in [0.1, 0.15) is 5.60 Å².